The highest BCUT2D eigenvalue weighted by molar-refractivity contribution is 5.92. The van der Waals surface area contributed by atoms with Gasteiger partial charge in [0.05, 0.1) is 6.10 Å². The van der Waals surface area contributed by atoms with Gasteiger partial charge in [0, 0.05) is 12.2 Å². The van der Waals surface area contributed by atoms with Crippen LogP contribution in [0.2, 0.25) is 0 Å². The van der Waals surface area contributed by atoms with Crippen LogP contribution in [0.4, 0.5) is 15.9 Å². The molecule has 0 aliphatic carbocycles. The van der Waals surface area contributed by atoms with Crippen LogP contribution in [-0.4, -0.2) is 28.8 Å². The molecule has 29 heavy (non-hydrogen) atoms. The molecule has 0 atom stereocenters. The van der Waals surface area contributed by atoms with Crippen LogP contribution in [0.5, 0.6) is 5.75 Å². The predicted molar refractivity (Wildman–Crippen MR) is 110 cm³/mol. The Hall–Kier alpha value is -3.48. The molecule has 0 unspecified atom stereocenters. The van der Waals surface area contributed by atoms with Crippen LogP contribution in [0.3, 0.4) is 0 Å². The number of halogens is 1. The zero-order valence-corrected chi connectivity index (χ0v) is 16.4. The van der Waals surface area contributed by atoms with E-state index in [0.29, 0.717) is 24.3 Å². The van der Waals surface area contributed by atoms with Crippen LogP contribution in [0.1, 0.15) is 29.9 Å². The van der Waals surface area contributed by atoms with Crippen molar-refractivity contribution in [1.29, 1.82) is 0 Å². The van der Waals surface area contributed by atoms with Crippen molar-refractivity contribution in [1.82, 2.24) is 15.5 Å². The van der Waals surface area contributed by atoms with E-state index >= 15 is 0 Å². The Morgan fingerprint density at radius 3 is 2.45 bits per heavy atom. The van der Waals surface area contributed by atoms with E-state index in [1.807, 2.05) is 38.1 Å². The van der Waals surface area contributed by atoms with Gasteiger partial charge in [0.2, 0.25) is 0 Å². The summed E-state index contributed by atoms with van der Waals surface area (Å²) in [6.45, 7) is 4.26. The molecular formula is C22H23FN4O2. The molecule has 1 aromatic heterocycles. The van der Waals surface area contributed by atoms with Crippen molar-refractivity contribution in [3.63, 3.8) is 0 Å². The Morgan fingerprint density at radius 1 is 1.03 bits per heavy atom. The maximum absolute atomic E-state index is 13.6. The minimum absolute atomic E-state index is 0.116. The third-order valence-electron chi connectivity index (χ3n) is 4.03. The lowest BCUT2D eigenvalue weighted by atomic mass is 10.1. The van der Waals surface area contributed by atoms with Crippen molar-refractivity contribution in [2.24, 2.45) is 0 Å². The van der Waals surface area contributed by atoms with Gasteiger partial charge in [-0.25, -0.2) is 4.39 Å². The maximum atomic E-state index is 13.6. The van der Waals surface area contributed by atoms with Gasteiger partial charge in [0.1, 0.15) is 11.6 Å². The molecule has 3 aromatic rings. The normalized spacial score (nSPS) is 10.6. The lowest BCUT2D eigenvalue weighted by Crippen LogP contribution is -2.27. The van der Waals surface area contributed by atoms with Crippen molar-refractivity contribution < 1.29 is 13.9 Å². The van der Waals surface area contributed by atoms with Crippen LogP contribution in [0.25, 0.3) is 0 Å². The quantitative estimate of drug-likeness (QED) is 0.601. The number of nitrogens with zero attached hydrogens (tertiary/aromatic N) is 2. The number of hydrogen-bond acceptors (Lipinski definition) is 5. The highest BCUT2D eigenvalue weighted by atomic mass is 19.1. The van der Waals surface area contributed by atoms with Gasteiger partial charge in [0.25, 0.3) is 5.91 Å². The van der Waals surface area contributed by atoms with Gasteiger partial charge in [-0.15, -0.1) is 10.2 Å². The molecule has 2 N–H and O–H groups in total. The molecule has 6 nitrogen and oxygen atoms in total. The number of ether oxygens (including phenoxy) is 1. The fourth-order valence-corrected chi connectivity index (χ4v) is 2.66. The molecule has 0 aliphatic rings. The molecule has 0 saturated heterocycles. The second-order valence-corrected chi connectivity index (χ2v) is 6.72. The smallest absolute Gasteiger partial charge is 0.271 e. The predicted octanol–water partition coefficient (Wildman–Crippen LogP) is 4.12. The molecule has 0 radical (unpaired) electrons. The summed E-state index contributed by atoms with van der Waals surface area (Å²) < 4.78 is 19.2. The number of carbonyl (C=O) groups is 1. The molecule has 0 aliphatic heterocycles. The molecular weight excluding hydrogens is 371 g/mol. The van der Waals surface area contributed by atoms with Crippen molar-refractivity contribution in [3.05, 3.63) is 77.7 Å². The topological polar surface area (TPSA) is 76.1 Å². The first-order valence-electron chi connectivity index (χ1n) is 9.40. The summed E-state index contributed by atoms with van der Waals surface area (Å²) >= 11 is 0. The van der Waals surface area contributed by atoms with E-state index in [0.717, 1.165) is 11.4 Å². The SMILES string of the molecule is CC(C)Oc1ccc(Nc2ccc(C(=O)NCCc3ccccc3F)nn2)cc1. The van der Waals surface area contributed by atoms with E-state index in [1.165, 1.54) is 6.07 Å². The van der Waals surface area contributed by atoms with Crippen LogP contribution in [-0.2, 0) is 6.42 Å². The molecule has 0 spiro atoms. The van der Waals surface area contributed by atoms with Gasteiger partial charge >= 0.3 is 0 Å². The summed E-state index contributed by atoms with van der Waals surface area (Å²) in [5.74, 6) is 0.681. The molecule has 1 amide bonds. The van der Waals surface area contributed by atoms with Gasteiger partial charge in [-0.2, -0.15) is 0 Å². The molecule has 2 aromatic carbocycles. The first-order chi connectivity index (χ1) is 14.0. The summed E-state index contributed by atoms with van der Waals surface area (Å²) in [7, 11) is 0. The number of aromatic nitrogens is 2. The summed E-state index contributed by atoms with van der Waals surface area (Å²) in [6.07, 6.45) is 0.521. The first-order valence-corrected chi connectivity index (χ1v) is 9.40. The minimum atomic E-state index is -0.351. The molecule has 1 heterocycles. The third-order valence-corrected chi connectivity index (χ3v) is 4.03. The monoisotopic (exact) mass is 394 g/mol. The van der Waals surface area contributed by atoms with E-state index in [9.17, 15) is 9.18 Å². The Balaban J connectivity index is 1.51. The Labute approximate surface area is 169 Å². The zero-order valence-electron chi connectivity index (χ0n) is 16.4. The molecule has 0 saturated carbocycles. The fourth-order valence-electron chi connectivity index (χ4n) is 2.66. The van der Waals surface area contributed by atoms with Crippen molar-refractivity contribution >= 4 is 17.4 Å². The van der Waals surface area contributed by atoms with Crippen molar-refractivity contribution in [2.45, 2.75) is 26.4 Å². The van der Waals surface area contributed by atoms with E-state index < -0.39 is 0 Å². The summed E-state index contributed by atoms with van der Waals surface area (Å²) in [5, 5.41) is 13.8. The number of rotatable bonds is 8. The second-order valence-electron chi connectivity index (χ2n) is 6.72. The van der Waals surface area contributed by atoms with E-state index in [2.05, 4.69) is 20.8 Å². The van der Waals surface area contributed by atoms with Gasteiger partial charge < -0.3 is 15.4 Å². The summed E-state index contributed by atoms with van der Waals surface area (Å²) in [4.78, 5) is 12.2. The number of benzene rings is 2. The summed E-state index contributed by atoms with van der Waals surface area (Å²) in [6, 6.07) is 17.3. The largest absolute Gasteiger partial charge is 0.491 e. The fraction of sp³-hybridized carbons (Fsp3) is 0.227. The number of anilines is 2. The average Bonchev–Trinajstić information content (AvgIpc) is 2.71. The van der Waals surface area contributed by atoms with Crippen LogP contribution in [0.15, 0.2) is 60.7 Å². The van der Waals surface area contributed by atoms with E-state index in [-0.39, 0.29) is 23.5 Å². The number of nitrogens with one attached hydrogen (secondary N) is 2. The van der Waals surface area contributed by atoms with Gasteiger partial charge in [0.15, 0.2) is 11.5 Å². The zero-order chi connectivity index (χ0) is 20.6. The Kier molecular flexibility index (Phi) is 6.73. The molecule has 0 fully saturated rings. The molecule has 3 rings (SSSR count). The maximum Gasteiger partial charge on any atom is 0.271 e. The molecule has 150 valence electrons. The summed E-state index contributed by atoms with van der Waals surface area (Å²) in [5.41, 5.74) is 1.59. The molecule has 0 bridgehead atoms. The first kappa shape index (κ1) is 20.3. The lowest BCUT2D eigenvalue weighted by Gasteiger charge is -2.11. The average molecular weight is 394 g/mol. The van der Waals surface area contributed by atoms with Crippen molar-refractivity contribution in [2.75, 3.05) is 11.9 Å². The third kappa shape index (κ3) is 6.00. The highest BCUT2D eigenvalue weighted by Crippen LogP contribution is 2.19. The standard InChI is InChI=1S/C22H23FN4O2/c1-15(2)29-18-9-7-17(8-10-18)25-21-12-11-20(26-27-21)22(28)24-14-13-16-5-3-4-6-19(16)23/h3-12,15H,13-14H2,1-2H3,(H,24,28)(H,25,27). The van der Waals surface area contributed by atoms with Gasteiger partial charge in [-0.05, 0) is 68.3 Å². The lowest BCUT2D eigenvalue weighted by molar-refractivity contribution is 0.0948. The Bertz CT molecular complexity index is 944. The second kappa shape index (κ2) is 9.64. The Morgan fingerprint density at radius 2 is 1.79 bits per heavy atom. The minimum Gasteiger partial charge on any atom is -0.491 e. The van der Waals surface area contributed by atoms with E-state index in [1.54, 1.807) is 30.3 Å². The van der Waals surface area contributed by atoms with Crippen LogP contribution >= 0.6 is 0 Å². The number of amides is 1. The highest BCUT2D eigenvalue weighted by Gasteiger charge is 2.09. The van der Waals surface area contributed by atoms with Crippen molar-refractivity contribution in [3.8, 4) is 5.75 Å². The van der Waals surface area contributed by atoms with Crippen LogP contribution < -0.4 is 15.4 Å². The molecule has 7 heteroatoms. The van der Waals surface area contributed by atoms with Gasteiger partial charge in [-0.3, -0.25) is 4.79 Å². The number of carbonyl (C=O) groups excluding carboxylic acids is 1. The van der Waals surface area contributed by atoms with E-state index in [4.69, 9.17) is 4.74 Å². The number of hydrogen-bond donors (Lipinski definition) is 2. The van der Waals surface area contributed by atoms with Crippen LogP contribution in [0, 0.1) is 5.82 Å². The van der Waals surface area contributed by atoms with Gasteiger partial charge in [-0.1, -0.05) is 18.2 Å².